The number of carbonyl (C=O) groups is 2. The number of benzene rings is 3. The summed E-state index contributed by atoms with van der Waals surface area (Å²) >= 11 is 5.89. The molecule has 2 N–H and O–H groups in total. The van der Waals surface area contributed by atoms with Crippen molar-refractivity contribution < 1.29 is 14.3 Å². The van der Waals surface area contributed by atoms with Crippen LogP contribution in [0, 0.1) is 12.8 Å². The highest BCUT2D eigenvalue weighted by atomic mass is 35.5. The zero-order chi connectivity index (χ0) is 28.6. The van der Waals surface area contributed by atoms with Crippen molar-refractivity contribution in [2.45, 2.75) is 51.4 Å². The molecule has 2 aliphatic rings. The van der Waals surface area contributed by atoms with Gasteiger partial charge in [-0.05, 0) is 143 Å². The van der Waals surface area contributed by atoms with Gasteiger partial charge >= 0.3 is 0 Å². The number of likely N-dealkylation sites (tertiary alicyclic amines) is 1. The molecule has 3 aromatic rings. The lowest BCUT2D eigenvalue weighted by Gasteiger charge is -2.33. The molecule has 216 valence electrons. The van der Waals surface area contributed by atoms with E-state index in [1.807, 2.05) is 0 Å². The van der Waals surface area contributed by atoms with Gasteiger partial charge in [0.1, 0.15) is 5.75 Å². The lowest BCUT2D eigenvalue weighted by Crippen LogP contribution is -2.34. The molecule has 1 aliphatic carbocycles. The summed E-state index contributed by atoms with van der Waals surface area (Å²) < 4.78 is 6.24. The third-order valence-electron chi connectivity index (χ3n) is 8.07. The molecule has 7 heteroatoms. The average molecular weight is 574 g/mol. The van der Waals surface area contributed by atoms with Crippen LogP contribution in [0.5, 0.6) is 5.75 Å². The number of carbonyl (C=O) groups excluding carboxylic acids is 2. The van der Waals surface area contributed by atoms with Gasteiger partial charge in [-0.1, -0.05) is 23.7 Å². The summed E-state index contributed by atoms with van der Waals surface area (Å²) in [6.45, 7) is 6.92. The molecule has 5 rings (SSSR count). The molecule has 1 saturated heterocycles. The number of amides is 2. The maximum atomic E-state index is 12.6. The molecule has 0 bridgehead atoms. The molecule has 0 atom stereocenters. The number of halogens is 1. The van der Waals surface area contributed by atoms with Gasteiger partial charge in [0.15, 0.2) is 0 Å². The molecule has 41 heavy (non-hydrogen) atoms. The summed E-state index contributed by atoms with van der Waals surface area (Å²) in [5.41, 5.74) is 4.38. The second-order valence-corrected chi connectivity index (χ2v) is 11.8. The Kier molecular flexibility index (Phi) is 9.97. The Labute approximate surface area is 248 Å². The van der Waals surface area contributed by atoms with Crippen LogP contribution in [-0.2, 0) is 0 Å². The van der Waals surface area contributed by atoms with E-state index < -0.39 is 0 Å². The van der Waals surface area contributed by atoms with Crippen molar-refractivity contribution in [1.82, 2.24) is 10.2 Å². The highest BCUT2D eigenvalue weighted by Gasteiger charge is 2.25. The number of rotatable bonds is 12. The smallest absolute Gasteiger partial charge is 0.255 e. The van der Waals surface area contributed by atoms with E-state index in [1.165, 1.54) is 24.0 Å². The second-order valence-electron chi connectivity index (χ2n) is 11.4. The average Bonchev–Trinajstić information content (AvgIpc) is 3.82. The SMILES string of the molecule is Cc1ccc(C2CCN(CCCCNC(=O)c3ccc(NC(=O)c4ccc(Cl)cc4)cc3)CC2)c(OCC2CC2)c1. The van der Waals surface area contributed by atoms with Crippen LogP contribution < -0.4 is 15.4 Å². The molecular weight excluding hydrogens is 534 g/mol. The summed E-state index contributed by atoms with van der Waals surface area (Å²) in [4.78, 5) is 27.5. The zero-order valence-corrected chi connectivity index (χ0v) is 24.6. The molecule has 1 saturated carbocycles. The number of nitrogens with one attached hydrogen (secondary N) is 2. The van der Waals surface area contributed by atoms with Gasteiger partial charge < -0.3 is 20.3 Å². The molecule has 2 amide bonds. The molecule has 3 aromatic carbocycles. The largest absolute Gasteiger partial charge is 0.493 e. The van der Waals surface area contributed by atoms with Gasteiger partial charge in [0.2, 0.25) is 0 Å². The lowest BCUT2D eigenvalue weighted by atomic mass is 9.88. The van der Waals surface area contributed by atoms with Gasteiger partial charge in [-0.2, -0.15) is 0 Å². The van der Waals surface area contributed by atoms with Crippen molar-refractivity contribution in [2.24, 2.45) is 5.92 Å². The van der Waals surface area contributed by atoms with Gasteiger partial charge in [0, 0.05) is 28.4 Å². The summed E-state index contributed by atoms with van der Waals surface area (Å²) in [5.74, 6) is 2.11. The van der Waals surface area contributed by atoms with Gasteiger partial charge in [-0.3, -0.25) is 9.59 Å². The fraction of sp³-hybridized carbons (Fsp3) is 0.412. The first-order valence-corrected chi connectivity index (χ1v) is 15.2. The Hall–Kier alpha value is -3.35. The number of hydrogen-bond acceptors (Lipinski definition) is 4. The number of unbranched alkanes of at least 4 members (excludes halogenated alkanes) is 1. The predicted molar refractivity (Wildman–Crippen MR) is 165 cm³/mol. The molecule has 6 nitrogen and oxygen atoms in total. The van der Waals surface area contributed by atoms with Crippen molar-refractivity contribution in [3.63, 3.8) is 0 Å². The van der Waals surface area contributed by atoms with Crippen LogP contribution >= 0.6 is 11.6 Å². The number of aryl methyl sites for hydroxylation is 1. The highest BCUT2D eigenvalue weighted by Crippen LogP contribution is 2.37. The fourth-order valence-electron chi connectivity index (χ4n) is 5.34. The van der Waals surface area contributed by atoms with Crippen LogP contribution in [0.4, 0.5) is 5.69 Å². The standard InChI is InChI=1S/C34H40ClN3O3/c1-24-4-15-31(32(22-24)41-23-25-5-6-25)26-16-20-38(21-17-26)19-3-2-18-36-33(39)27-9-13-30(14-10-27)37-34(40)28-7-11-29(35)12-8-28/h4,7-15,22,25-26H,2-3,5-6,16-21,23H2,1H3,(H,36,39)(H,37,40). The second kappa shape index (κ2) is 14.0. The Bertz CT molecular complexity index is 1310. The van der Waals surface area contributed by atoms with Gasteiger partial charge in [0.05, 0.1) is 6.61 Å². The molecule has 0 spiro atoms. The molecule has 0 aromatic heterocycles. The Morgan fingerprint density at radius 1 is 0.878 bits per heavy atom. The van der Waals surface area contributed by atoms with E-state index in [9.17, 15) is 9.59 Å². The summed E-state index contributed by atoms with van der Waals surface area (Å²) in [7, 11) is 0. The van der Waals surface area contributed by atoms with Crippen LogP contribution in [0.3, 0.4) is 0 Å². The van der Waals surface area contributed by atoms with Gasteiger partial charge in [0.25, 0.3) is 11.8 Å². The van der Waals surface area contributed by atoms with E-state index in [2.05, 4.69) is 40.7 Å². The number of nitrogens with zero attached hydrogens (tertiary/aromatic N) is 1. The van der Waals surface area contributed by atoms with Crippen molar-refractivity contribution in [3.8, 4) is 5.75 Å². The molecule has 1 heterocycles. The Morgan fingerprint density at radius 3 is 2.27 bits per heavy atom. The van der Waals surface area contributed by atoms with Crippen LogP contribution in [-0.4, -0.2) is 49.5 Å². The van der Waals surface area contributed by atoms with Crippen LogP contribution in [0.1, 0.15) is 76.3 Å². The number of anilines is 1. The first-order chi connectivity index (χ1) is 19.9. The summed E-state index contributed by atoms with van der Waals surface area (Å²) in [5, 5.41) is 6.44. The molecule has 1 aliphatic heterocycles. The first-order valence-electron chi connectivity index (χ1n) is 14.9. The lowest BCUT2D eigenvalue weighted by molar-refractivity contribution is 0.0951. The fourth-order valence-corrected chi connectivity index (χ4v) is 5.46. The maximum Gasteiger partial charge on any atom is 0.255 e. The van der Waals surface area contributed by atoms with E-state index in [-0.39, 0.29) is 11.8 Å². The quantitative estimate of drug-likeness (QED) is 0.227. The van der Waals surface area contributed by atoms with Gasteiger partial charge in [-0.15, -0.1) is 0 Å². The van der Waals surface area contributed by atoms with Crippen molar-refractivity contribution in [1.29, 1.82) is 0 Å². The number of hydrogen-bond donors (Lipinski definition) is 2. The number of piperidine rings is 1. The van der Waals surface area contributed by atoms with Crippen molar-refractivity contribution in [2.75, 3.05) is 38.1 Å². The van der Waals surface area contributed by atoms with E-state index in [1.54, 1.807) is 48.5 Å². The Balaban J connectivity index is 0.983. The summed E-state index contributed by atoms with van der Waals surface area (Å²) in [6.07, 6.45) is 6.94. The Morgan fingerprint density at radius 2 is 1.56 bits per heavy atom. The van der Waals surface area contributed by atoms with Crippen molar-refractivity contribution in [3.05, 3.63) is 94.0 Å². The van der Waals surface area contributed by atoms with Crippen LogP contribution in [0.15, 0.2) is 66.7 Å². The first kappa shape index (κ1) is 29.2. The van der Waals surface area contributed by atoms with E-state index in [4.69, 9.17) is 16.3 Å². The predicted octanol–water partition coefficient (Wildman–Crippen LogP) is 7.08. The minimum Gasteiger partial charge on any atom is -0.493 e. The normalized spacial score (nSPS) is 15.9. The van der Waals surface area contributed by atoms with Crippen LogP contribution in [0.25, 0.3) is 0 Å². The minimum atomic E-state index is -0.221. The third kappa shape index (κ3) is 8.57. The maximum absolute atomic E-state index is 12.6. The minimum absolute atomic E-state index is 0.0980. The van der Waals surface area contributed by atoms with E-state index in [0.29, 0.717) is 34.3 Å². The molecule has 0 radical (unpaired) electrons. The zero-order valence-electron chi connectivity index (χ0n) is 23.8. The van der Waals surface area contributed by atoms with Crippen LogP contribution in [0.2, 0.25) is 5.02 Å². The third-order valence-corrected chi connectivity index (χ3v) is 8.32. The molecular formula is C34H40ClN3O3. The van der Waals surface area contributed by atoms with Crippen molar-refractivity contribution >= 4 is 29.1 Å². The van der Waals surface area contributed by atoms with Gasteiger partial charge in [-0.25, -0.2) is 0 Å². The number of ether oxygens (including phenoxy) is 1. The highest BCUT2D eigenvalue weighted by molar-refractivity contribution is 6.30. The monoisotopic (exact) mass is 573 g/mol. The molecule has 0 unspecified atom stereocenters. The molecule has 2 fully saturated rings. The van der Waals surface area contributed by atoms with E-state index >= 15 is 0 Å². The topological polar surface area (TPSA) is 70.7 Å². The summed E-state index contributed by atoms with van der Waals surface area (Å²) in [6, 6.07) is 20.4. The van der Waals surface area contributed by atoms with E-state index in [0.717, 1.165) is 63.6 Å².